The standard InChI is InChI=1S/C26H33IN3O6PS/c1-14-13-28-25(38-14)29-23(31)7-5-16-11-22(30-35-3)26(2)9-8-17-18(24(16)26)6-4-15-10-21(36-37(32,33)34)20(27)12-19(15)17/h10,12-13,16-18,24H,4-9,11H2,1-3H3,(H,28,29,31)(H2,32,33,34)/b30-22+/t16?,17?,18?,24?,26-/m1/s1. The molecule has 1 aromatic carbocycles. The monoisotopic (exact) mass is 673 g/mol. The Hall–Kier alpha value is -1.53. The lowest BCUT2D eigenvalue weighted by Gasteiger charge is -2.50. The molecule has 3 aliphatic carbocycles. The Balaban J connectivity index is 1.39. The van der Waals surface area contributed by atoms with Gasteiger partial charge in [0, 0.05) is 22.9 Å². The van der Waals surface area contributed by atoms with E-state index in [2.05, 4.69) is 51.0 Å². The number of carbonyl (C=O) groups is 1. The number of nitrogens with zero attached hydrogens (tertiary/aromatic N) is 2. The average Bonchev–Trinajstić information content (AvgIpc) is 3.37. The highest BCUT2D eigenvalue weighted by atomic mass is 127. The highest BCUT2D eigenvalue weighted by Gasteiger charge is 2.57. The molecular formula is C26H33IN3O6PS. The average molecular weight is 674 g/mol. The van der Waals surface area contributed by atoms with Crippen LogP contribution >= 0.6 is 41.8 Å². The molecule has 0 spiro atoms. The summed E-state index contributed by atoms with van der Waals surface area (Å²) in [6.45, 7) is 4.29. The van der Waals surface area contributed by atoms with Gasteiger partial charge >= 0.3 is 7.82 Å². The molecule has 1 aromatic heterocycles. The van der Waals surface area contributed by atoms with Gasteiger partial charge in [-0.15, -0.1) is 11.3 Å². The molecule has 2 fully saturated rings. The van der Waals surface area contributed by atoms with E-state index in [1.165, 1.54) is 16.9 Å². The van der Waals surface area contributed by atoms with Crippen molar-refractivity contribution in [2.45, 2.75) is 64.7 Å². The van der Waals surface area contributed by atoms with Crippen molar-refractivity contribution in [1.82, 2.24) is 4.98 Å². The van der Waals surface area contributed by atoms with Gasteiger partial charge in [0.05, 0.1) is 9.28 Å². The Morgan fingerprint density at radius 3 is 2.84 bits per heavy atom. The fraction of sp³-hybridized carbons (Fsp3) is 0.577. The minimum absolute atomic E-state index is 0.00771. The highest BCUT2D eigenvalue weighted by Crippen LogP contribution is 2.63. The van der Waals surface area contributed by atoms with Crippen molar-refractivity contribution in [2.75, 3.05) is 12.4 Å². The molecule has 5 atom stereocenters. The van der Waals surface area contributed by atoms with E-state index in [0.717, 1.165) is 54.7 Å². The van der Waals surface area contributed by atoms with Crippen molar-refractivity contribution in [1.29, 1.82) is 0 Å². The van der Waals surface area contributed by atoms with E-state index in [-0.39, 0.29) is 17.1 Å². The maximum absolute atomic E-state index is 12.8. The van der Waals surface area contributed by atoms with E-state index < -0.39 is 7.82 Å². The van der Waals surface area contributed by atoms with E-state index in [1.54, 1.807) is 13.3 Å². The number of benzene rings is 1. The fourth-order valence-corrected chi connectivity index (χ4v) is 9.14. The van der Waals surface area contributed by atoms with Crippen molar-refractivity contribution in [3.05, 3.63) is 37.9 Å². The lowest BCUT2D eigenvalue weighted by atomic mass is 9.54. The number of carbonyl (C=O) groups excluding carboxylic acids is 1. The number of phosphoric acid groups is 1. The Morgan fingerprint density at radius 1 is 1.37 bits per heavy atom. The summed E-state index contributed by atoms with van der Waals surface area (Å²) < 4.78 is 17.1. The first-order valence-corrected chi connectivity index (χ1v) is 16.3. The zero-order valence-electron chi connectivity index (χ0n) is 21.6. The van der Waals surface area contributed by atoms with Crippen LogP contribution in [0.1, 0.15) is 67.4 Å². The van der Waals surface area contributed by atoms with E-state index in [0.29, 0.717) is 38.8 Å². The third-order valence-corrected chi connectivity index (χ3v) is 10.8. The first-order valence-electron chi connectivity index (χ1n) is 12.9. The van der Waals surface area contributed by atoms with Crippen LogP contribution in [0.15, 0.2) is 23.5 Å². The zero-order valence-corrected chi connectivity index (χ0v) is 25.5. The van der Waals surface area contributed by atoms with Crippen LogP contribution in [0.2, 0.25) is 0 Å². The maximum Gasteiger partial charge on any atom is 0.524 e. The fourth-order valence-electron chi connectivity index (χ4n) is 7.28. The molecule has 1 amide bonds. The van der Waals surface area contributed by atoms with Gasteiger partial charge in [-0.05, 0) is 115 Å². The van der Waals surface area contributed by atoms with E-state index in [4.69, 9.17) is 9.36 Å². The topological polar surface area (TPSA) is 130 Å². The van der Waals surface area contributed by atoms with Gasteiger partial charge in [-0.3, -0.25) is 14.6 Å². The van der Waals surface area contributed by atoms with Gasteiger partial charge in [-0.2, -0.15) is 0 Å². The second-order valence-corrected chi connectivity index (χ2v) is 14.5. The summed E-state index contributed by atoms with van der Waals surface area (Å²) in [7, 11) is -3.03. The highest BCUT2D eigenvalue weighted by molar-refractivity contribution is 14.1. The molecule has 0 aliphatic heterocycles. The van der Waals surface area contributed by atoms with Crippen molar-refractivity contribution in [3.8, 4) is 5.75 Å². The molecule has 3 aliphatic rings. The number of oxime groups is 1. The molecule has 0 saturated heterocycles. The first kappa shape index (κ1) is 28.0. The Bertz CT molecular complexity index is 1310. The number of aromatic nitrogens is 1. The summed E-state index contributed by atoms with van der Waals surface area (Å²) in [6, 6.07) is 3.87. The molecule has 12 heteroatoms. The largest absolute Gasteiger partial charge is 0.524 e. The van der Waals surface area contributed by atoms with Crippen LogP contribution in [-0.4, -0.2) is 33.5 Å². The summed E-state index contributed by atoms with van der Waals surface area (Å²) in [6.07, 6.45) is 7.62. The minimum Gasteiger partial charge on any atom is -0.403 e. The summed E-state index contributed by atoms with van der Waals surface area (Å²) >= 11 is 3.58. The van der Waals surface area contributed by atoms with E-state index in [9.17, 15) is 19.1 Å². The van der Waals surface area contributed by atoms with Crippen molar-refractivity contribution >= 4 is 58.5 Å². The number of nitrogens with one attached hydrogen (secondary N) is 1. The van der Waals surface area contributed by atoms with Crippen molar-refractivity contribution in [2.24, 2.45) is 28.3 Å². The second kappa shape index (κ2) is 10.8. The molecule has 3 N–H and O–H groups in total. The molecule has 4 unspecified atom stereocenters. The van der Waals surface area contributed by atoms with Crippen LogP contribution in [0.25, 0.3) is 0 Å². The van der Waals surface area contributed by atoms with Crippen LogP contribution in [-0.2, 0) is 20.6 Å². The lowest BCUT2D eigenvalue weighted by Crippen LogP contribution is -2.44. The van der Waals surface area contributed by atoms with Crippen LogP contribution in [0.3, 0.4) is 0 Å². The number of hydrogen-bond donors (Lipinski definition) is 3. The molecule has 2 aromatic rings. The van der Waals surface area contributed by atoms with E-state index >= 15 is 0 Å². The predicted molar refractivity (Wildman–Crippen MR) is 154 cm³/mol. The number of thiazole rings is 1. The Kier molecular flexibility index (Phi) is 7.96. The van der Waals surface area contributed by atoms with Crippen molar-refractivity contribution < 1.29 is 28.5 Å². The first-order chi connectivity index (χ1) is 18.0. The normalized spacial score (nSPS) is 29.4. The van der Waals surface area contributed by atoms with Crippen LogP contribution in [0.5, 0.6) is 5.75 Å². The molecule has 5 rings (SSSR count). The van der Waals surface area contributed by atoms with Gasteiger partial charge < -0.3 is 14.7 Å². The third kappa shape index (κ3) is 5.54. The SMILES string of the molecule is CO/N=C1\CC(CCC(=O)Nc2ncc(C)s2)C2C3CCc4cc(OP(=O)(O)O)c(I)cc4C3CC[C@]12C. The summed E-state index contributed by atoms with van der Waals surface area (Å²) in [4.78, 5) is 42.0. The van der Waals surface area contributed by atoms with Gasteiger partial charge in [-0.25, -0.2) is 9.55 Å². The van der Waals surface area contributed by atoms with Gasteiger partial charge in [0.25, 0.3) is 0 Å². The Labute approximate surface area is 240 Å². The molecule has 38 heavy (non-hydrogen) atoms. The number of aryl methyl sites for hydroxylation is 2. The van der Waals surface area contributed by atoms with Gasteiger partial charge in [0.15, 0.2) is 5.13 Å². The number of phosphoric ester groups is 1. The maximum atomic E-state index is 12.8. The molecule has 2 saturated carbocycles. The molecular weight excluding hydrogens is 640 g/mol. The zero-order chi connectivity index (χ0) is 27.2. The smallest absolute Gasteiger partial charge is 0.403 e. The molecule has 0 bridgehead atoms. The van der Waals surface area contributed by atoms with Gasteiger partial charge in [0.2, 0.25) is 5.91 Å². The quantitative estimate of drug-likeness (QED) is 0.186. The number of amides is 1. The number of hydrogen-bond acceptors (Lipinski definition) is 7. The van der Waals surface area contributed by atoms with Gasteiger partial charge in [-0.1, -0.05) is 12.1 Å². The lowest BCUT2D eigenvalue weighted by molar-refractivity contribution is -0.116. The molecule has 0 radical (unpaired) electrons. The minimum atomic E-state index is -4.63. The van der Waals surface area contributed by atoms with Crippen LogP contribution in [0.4, 0.5) is 5.13 Å². The van der Waals surface area contributed by atoms with E-state index in [1.807, 2.05) is 13.0 Å². The molecule has 206 valence electrons. The number of rotatable bonds is 7. The van der Waals surface area contributed by atoms with Crippen LogP contribution < -0.4 is 9.84 Å². The third-order valence-electron chi connectivity index (χ3n) is 8.68. The van der Waals surface area contributed by atoms with Crippen molar-refractivity contribution in [3.63, 3.8) is 0 Å². The van der Waals surface area contributed by atoms with Crippen LogP contribution in [0, 0.1) is 33.7 Å². The number of fused-ring (bicyclic) bond motifs is 5. The summed E-state index contributed by atoms with van der Waals surface area (Å²) in [5.41, 5.74) is 3.41. The predicted octanol–water partition coefficient (Wildman–Crippen LogP) is 6.03. The number of halogens is 1. The second-order valence-electron chi connectivity index (χ2n) is 10.9. The molecule has 1 heterocycles. The number of anilines is 1. The Morgan fingerprint density at radius 2 is 2.16 bits per heavy atom. The molecule has 9 nitrogen and oxygen atoms in total. The summed E-state index contributed by atoms with van der Waals surface area (Å²) in [5, 5.41) is 8.07. The van der Waals surface area contributed by atoms with Gasteiger partial charge in [0.1, 0.15) is 12.9 Å². The summed E-state index contributed by atoms with van der Waals surface area (Å²) in [5.74, 6) is 1.72.